The first-order chi connectivity index (χ1) is 7.59. The van der Waals surface area contributed by atoms with Gasteiger partial charge in [-0.15, -0.1) is 0 Å². The Labute approximate surface area is 93.2 Å². The van der Waals surface area contributed by atoms with Gasteiger partial charge in [0.2, 0.25) is 0 Å². The molecule has 0 unspecified atom stereocenters. The molecule has 16 heavy (non-hydrogen) atoms. The Morgan fingerprint density at radius 3 is 2.94 bits per heavy atom. The normalized spacial score (nSPS) is 14.1. The fourth-order valence-corrected chi connectivity index (χ4v) is 1.63. The summed E-state index contributed by atoms with van der Waals surface area (Å²) >= 11 is 0. The summed E-state index contributed by atoms with van der Waals surface area (Å²) in [5, 5.41) is 0. The minimum absolute atomic E-state index is 0.129. The van der Waals surface area contributed by atoms with Crippen molar-refractivity contribution in [2.75, 3.05) is 32.1 Å². The first-order valence-corrected chi connectivity index (χ1v) is 5.01. The average Bonchev–Trinajstić information content (AvgIpc) is 2.26. The summed E-state index contributed by atoms with van der Waals surface area (Å²) in [6.07, 6.45) is 0. The third-order valence-electron chi connectivity index (χ3n) is 2.40. The van der Waals surface area contributed by atoms with E-state index in [0.717, 1.165) is 0 Å². The summed E-state index contributed by atoms with van der Waals surface area (Å²) in [6, 6.07) is 4.05. The maximum Gasteiger partial charge on any atom is 0.324 e. The van der Waals surface area contributed by atoms with Crippen molar-refractivity contribution in [2.45, 2.75) is 0 Å². The van der Waals surface area contributed by atoms with Gasteiger partial charge in [0.25, 0.3) is 0 Å². The van der Waals surface area contributed by atoms with Crippen LogP contribution in [0, 0.1) is 5.82 Å². The number of carbonyl (C=O) groups is 1. The standard InChI is InChI=1S/C11H13FN2O2/c1-13(2)11(15)14-5-6-16-10-7-8(12)3-4-9(10)14/h3-4,7H,5-6H2,1-2H3. The highest BCUT2D eigenvalue weighted by Crippen LogP contribution is 2.32. The van der Waals surface area contributed by atoms with Crippen LogP contribution in [0.2, 0.25) is 0 Å². The van der Waals surface area contributed by atoms with Crippen molar-refractivity contribution in [3.63, 3.8) is 0 Å². The van der Waals surface area contributed by atoms with Crippen molar-refractivity contribution in [2.24, 2.45) is 0 Å². The lowest BCUT2D eigenvalue weighted by Gasteiger charge is -2.31. The van der Waals surface area contributed by atoms with Gasteiger partial charge < -0.3 is 9.64 Å². The van der Waals surface area contributed by atoms with Gasteiger partial charge in [0.1, 0.15) is 18.2 Å². The zero-order valence-corrected chi connectivity index (χ0v) is 9.24. The number of hydrogen-bond acceptors (Lipinski definition) is 2. The predicted molar refractivity (Wildman–Crippen MR) is 58.3 cm³/mol. The number of ether oxygens (including phenoxy) is 1. The highest BCUT2D eigenvalue weighted by molar-refractivity contribution is 5.93. The van der Waals surface area contributed by atoms with Crippen LogP contribution < -0.4 is 9.64 Å². The first kappa shape index (κ1) is 10.7. The van der Waals surface area contributed by atoms with E-state index < -0.39 is 0 Å². The zero-order chi connectivity index (χ0) is 11.7. The largest absolute Gasteiger partial charge is 0.489 e. The molecular weight excluding hydrogens is 211 g/mol. The van der Waals surface area contributed by atoms with Crippen LogP contribution in [0.1, 0.15) is 0 Å². The van der Waals surface area contributed by atoms with E-state index in [-0.39, 0.29) is 11.8 Å². The number of fused-ring (bicyclic) bond motifs is 1. The third kappa shape index (κ3) is 1.80. The Morgan fingerprint density at radius 2 is 2.25 bits per heavy atom. The molecule has 0 atom stereocenters. The van der Waals surface area contributed by atoms with Crippen molar-refractivity contribution in [3.8, 4) is 5.75 Å². The molecular formula is C11H13FN2O2. The number of halogens is 1. The van der Waals surface area contributed by atoms with Gasteiger partial charge in [-0.2, -0.15) is 0 Å². The van der Waals surface area contributed by atoms with Crippen LogP contribution in [0.15, 0.2) is 18.2 Å². The Bertz CT molecular complexity index is 420. The number of amides is 2. The zero-order valence-electron chi connectivity index (χ0n) is 9.24. The molecule has 86 valence electrons. The lowest BCUT2D eigenvalue weighted by molar-refractivity contribution is 0.218. The van der Waals surface area contributed by atoms with E-state index in [9.17, 15) is 9.18 Å². The van der Waals surface area contributed by atoms with Gasteiger partial charge >= 0.3 is 6.03 Å². The van der Waals surface area contributed by atoms with Crippen molar-refractivity contribution in [3.05, 3.63) is 24.0 Å². The molecule has 0 bridgehead atoms. The third-order valence-corrected chi connectivity index (χ3v) is 2.40. The second-order valence-electron chi connectivity index (χ2n) is 3.79. The SMILES string of the molecule is CN(C)C(=O)N1CCOc2cc(F)ccc21. The fourth-order valence-electron chi connectivity index (χ4n) is 1.63. The highest BCUT2D eigenvalue weighted by atomic mass is 19.1. The Balaban J connectivity index is 2.37. The molecule has 1 aromatic carbocycles. The Kier molecular flexibility index (Phi) is 2.68. The Morgan fingerprint density at radius 1 is 1.50 bits per heavy atom. The maximum atomic E-state index is 13.0. The molecule has 5 heteroatoms. The van der Waals surface area contributed by atoms with Gasteiger partial charge in [0.05, 0.1) is 12.2 Å². The second-order valence-corrected chi connectivity index (χ2v) is 3.79. The summed E-state index contributed by atoms with van der Waals surface area (Å²) in [5.74, 6) is 0.0550. The molecule has 0 saturated heterocycles. The van der Waals surface area contributed by atoms with Gasteiger partial charge in [0, 0.05) is 20.2 Å². The monoisotopic (exact) mass is 224 g/mol. The van der Waals surface area contributed by atoms with Gasteiger partial charge in [-0.1, -0.05) is 0 Å². The molecule has 1 aromatic rings. The van der Waals surface area contributed by atoms with Crippen molar-refractivity contribution in [1.29, 1.82) is 0 Å². The molecule has 1 aliphatic rings. The van der Waals surface area contributed by atoms with Crippen LogP contribution in [0.3, 0.4) is 0 Å². The number of rotatable bonds is 0. The minimum atomic E-state index is -0.363. The molecule has 0 aliphatic carbocycles. The summed E-state index contributed by atoms with van der Waals surface area (Å²) < 4.78 is 18.3. The van der Waals surface area contributed by atoms with Gasteiger partial charge in [-0.05, 0) is 12.1 Å². The van der Waals surface area contributed by atoms with Crippen LogP contribution in [0.5, 0.6) is 5.75 Å². The molecule has 0 radical (unpaired) electrons. The predicted octanol–water partition coefficient (Wildman–Crippen LogP) is 1.71. The Hall–Kier alpha value is -1.78. The van der Waals surface area contributed by atoms with Crippen molar-refractivity contribution in [1.82, 2.24) is 4.90 Å². The molecule has 0 spiro atoms. The van der Waals surface area contributed by atoms with Gasteiger partial charge in [0.15, 0.2) is 0 Å². The second kappa shape index (κ2) is 4.00. The molecule has 0 N–H and O–H groups in total. The van der Waals surface area contributed by atoms with E-state index in [1.54, 1.807) is 25.1 Å². The van der Waals surface area contributed by atoms with Crippen LogP contribution in [-0.4, -0.2) is 38.2 Å². The number of urea groups is 1. The molecule has 0 saturated carbocycles. The van der Waals surface area contributed by atoms with Gasteiger partial charge in [-0.25, -0.2) is 9.18 Å². The molecule has 1 aliphatic heterocycles. The van der Waals surface area contributed by atoms with E-state index in [0.29, 0.717) is 24.6 Å². The molecule has 2 amide bonds. The van der Waals surface area contributed by atoms with E-state index in [1.165, 1.54) is 17.0 Å². The average molecular weight is 224 g/mol. The minimum Gasteiger partial charge on any atom is -0.489 e. The van der Waals surface area contributed by atoms with E-state index in [1.807, 2.05) is 0 Å². The summed E-state index contributed by atoms with van der Waals surface area (Å²) in [6.45, 7) is 0.867. The number of nitrogens with zero attached hydrogens (tertiary/aromatic N) is 2. The number of benzene rings is 1. The molecule has 2 rings (SSSR count). The summed E-state index contributed by atoms with van der Waals surface area (Å²) in [4.78, 5) is 14.9. The molecule has 0 aromatic heterocycles. The molecule has 1 heterocycles. The first-order valence-electron chi connectivity index (χ1n) is 5.01. The van der Waals surface area contributed by atoms with Crippen molar-refractivity contribution < 1.29 is 13.9 Å². The van der Waals surface area contributed by atoms with Crippen LogP contribution in [0.25, 0.3) is 0 Å². The van der Waals surface area contributed by atoms with Gasteiger partial charge in [-0.3, -0.25) is 4.90 Å². The van der Waals surface area contributed by atoms with E-state index in [4.69, 9.17) is 4.74 Å². The molecule has 4 nitrogen and oxygen atoms in total. The smallest absolute Gasteiger partial charge is 0.324 e. The van der Waals surface area contributed by atoms with Crippen molar-refractivity contribution >= 4 is 11.7 Å². The summed E-state index contributed by atoms with van der Waals surface area (Å²) in [5.41, 5.74) is 0.617. The number of hydrogen-bond donors (Lipinski definition) is 0. The van der Waals surface area contributed by atoms with E-state index in [2.05, 4.69) is 0 Å². The van der Waals surface area contributed by atoms with Crippen LogP contribution >= 0.6 is 0 Å². The van der Waals surface area contributed by atoms with Crippen LogP contribution in [0.4, 0.5) is 14.9 Å². The maximum absolute atomic E-state index is 13.0. The van der Waals surface area contributed by atoms with E-state index >= 15 is 0 Å². The fraction of sp³-hybridized carbons (Fsp3) is 0.364. The topological polar surface area (TPSA) is 32.8 Å². The molecule has 0 fully saturated rings. The number of anilines is 1. The highest BCUT2D eigenvalue weighted by Gasteiger charge is 2.24. The lowest BCUT2D eigenvalue weighted by Crippen LogP contribution is -2.43. The quantitative estimate of drug-likeness (QED) is 0.672. The lowest BCUT2D eigenvalue weighted by atomic mass is 10.2. The van der Waals surface area contributed by atoms with Crippen LogP contribution in [-0.2, 0) is 0 Å². The summed E-state index contributed by atoms with van der Waals surface area (Å²) in [7, 11) is 3.36. The number of carbonyl (C=O) groups excluding carboxylic acids is 1.